The lowest BCUT2D eigenvalue weighted by molar-refractivity contribution is 0.136. The fourth-order valence-electron chi connectivity index (χ4n) is 2.85. The van der Waals surface area contributed by atoms with Crippen LogP contribution in [-0.2, 0) is 4.74 Å². The number of fused-ring (bicyclic) bond motifs is 2. The Bertz CT molecular complexity index is 247. The van der Waals surface area contributed by atoms with E-state index in [-0.39, 0.29) is 12.1 Å². The molecule has 2 bridgehead atoms. The highest BCUT2D eigenvalue weighted by molar-refractivity contribution is 5.67. The van der Waals surface area contributed by atoms with E-state index in [0.717, 1.165) is 25.8 Å². The van der Waals surface area contributed by atoms with Crippen molar-refractivity contribution >= 4 is 6.09 Å². The van der Waals surface area contributed by atoms with E-state index in [1.165, 1.54) is 0 Å². The van der Waals surface area contributed by atoms with Crippen molar-refractivity contribution in [1.82, 2.24) is 10.2 Å². The summed E-state index contributed by atoms with van der Waals surface area (Å²) in [7, 11) is 1.67. The molecule has 1 amide bonds. The van der Waals surface area contributed by atoms with Gasteiger partial charge in [-0.3, -0.25) is 0 Å². The number of nitrogens with one attached hydrogen (secondary N) is 1. The summed E-state index contributed by atoms with van der Waals surface area (Å²) >= 11 is 0. The summed E-state index contributed by atoms with van der Waals surface area (Å²) in [6.07, 6.45) is 2.22. The number of hydrogen-bond acceptors (Lipinski definition) is 3. The van der Waals surface area contributed by atoms with Gasteiger partial charge in [-0.05, 0) is 19.3 Å². The maximum Gasteiger partial charge on any atom is 0.407 e. The highest BCUT2D eigenvalue weighted by Crippen LogP contribution is 2.37. The van der Waals surface area contributed by atoms with Gasteiger partial charge in [0.25, 0.3) is 0 Å². The number of nitrogens with zero attached hydrogens (tertiary/aromatic N) is 1. The van der Waals surface area contributed by atoms with E-state index >= 15 is 0 Å². The van der Waals surface area contributed by atoms with Crippen LogP contribution in [-0.4, -0.2) is 54.5 Å². The van der Waals surface area contributed by atoms with Crippen molar-refractivity contribution < 1.29 is 14.6 Å². The first-order valence-electron chi connectivity index (χ1n) is 5.47. The van der Waals surface area contributed by atoms with E-state index in [1.54, 1.807) is 12.0 Å². The second-order valence-corrected chi connectivity index (χ2v) is 4.28. The second-order valence-electron chi connectivity index (χ2n) is 4.28. The molecule has 5 heteroatoms. The summed E-state index contributed by atoms with van der Waals surface area (Å²) in [5.74, 6) is 0. The Balaban J connectivity index is 1.87. The van der Waals surface area contributed by atoms with Gasteiger partial charge in [0.15, 0.2) is 0 Å². The SMILES string of the molecule is COCCNC1C[C@H]2CC[C@@H]1N2C(=O)O. The molecule has 2 rings (SSSR count). The molecule has 0 aromatic rings. The van der Waals surface area contributed by atoms with E-state index in [4.69, 9.17) is 9.84 Å². The molecule has 0 spiro atoms. The van der Waals surface area contributed by atoms with E-state index in [9.17, 15) is 4.79 Å². The van der Waals surface area contributed by atoms with Crippen LogP contribution < -0.4 is 5.32 Å². The molecular weight excluding hydrogens is 196 g/mol. The Kier molecular flexibility index (Phi) is 3.11. The first kappa shape index (κ1) is 10.7. The van der Waals surface area contributed by atoms with Crippen LogP contribution in [0, 0.1) is 0 Å². The van der Waals surface area contributed by atoms with Crippen LogP contribution >= 0.6 is 0 Å². The van der Waals surface area contributed by atoms with Gasteiger partial charge in [0.05, 0.1) is 12.6 Å². The molecule has 2 heterocycles. The van der Waals surface area contributed by atoms with Crippen LogP contribution in [0.1, 0.15) is 19.3 Å². The molecule has 2 saturated heterocycles. The molecule has 3 atom stereocenters. The predicted octanol–water partition coefficient (Wildman–Crippen LogP) is 0.506. The van der Waals surface area contributed by atoms with Crippen molar-refractivity contribution in [3.63, 3.8) is 0 Å². The number of carboxylic acid groups (broad SMARTS) is 1. The largest absolute Gasteiger partial charge is 0.465 e. The maximum atomic E-state index is 11.0. The average molecular weight is 214 g/mol. The van der Waals surface area contributed by atoms with Gasteiger partial charge < -0.3 is 20.1 Å². The normalized spacial score (nSPS) is 33.7. The molecule has 0 aliphatic carbocycles. The topological polar surface area (TPSA) is 61.8 Å². The molecule has 0 radical (unpaired) electrons. The summed E-state index contributed by atoms with van der Waals surface area (Å²) < 4.78 is 4.96. The van der Waals surface area contributed by atoms with Crippen LogP contribution in [0.25, 0.3) is 0 Å². The molecule has 2 N–H and O–H groups in total. The van der Waals surface area contributed by atoms with E-state index in [2.05, 4.69) is 5.32 Å². The first-order chi connectivity index (χ1) is 7.24. The highest BCUT2D eigenvalue weighted by atomic mass is 16.5. The van der Waals surface area contributed by atoms with Crippen LogP contribution in [0.4, 0.5) is 4.79 Å². The van der Waals surface area contributed by atoms with E-state index < -0.39 is 6.09 Å². The third-order valence-electron chi connectivity index (χ3n) is 3.47. The quantitative estimate of drug-likeness (QED) is 0.669. The van der Waals surface area contributed by atoms with Crippen molar-refractivity contribution in [2.45, 2.75) is 37.4 Å². The minimum Gasteiger partial charge on any atom is -0.465 e. The number of amides is 1. The van der Waals surface area contributed by atoms with Gasteiger partial charge in [-0.2, -0.15) is 0 Å². The fourth-order valence-corrected chi connectivity index (χ4v) is 2.85. The van der Waals surface area contributed by atoms with Crippen molar-refractivity contribution in [3.8, 4) is 0 Å². The lowest BCUT2D eigenvalue weighted by Crippen LogP contribution is -2.43. The summed E-state index contributed by atoms with van der Waals surface area (Å²) in [5, 5.41) is 12.4. The Hall–Kier alpha value is -0.810. The minimum absolute atomic E-state index is 0.185. The molecule has 5 nitrogen and oxygen atoms in total. The maximum absolute atomic E-state index is 11.0. The van der Waals surface area contributed by atoms with Gasteiger partial charge in [0.1, 0.15) is 0 Å². The third-order valence-corrected chi connectivity index (χ3v) is 3.47. The summed E-state index contributed by atoms with van der Waals surface area (Å²) in [6, 6.07) is 0.756. The summed E-state index contributed by atoms with van der Waals surface area (Å²) in [5.41, 5.74) is 0. The first-order valence-corrected chi connectivity index (χ1v) is 5.47. The fraction of sp³-hybridized carbons (Fsp3) is 0.900. The van der Waals surface area contributed by atoms with Crippen molar-refractivity contribution in [1.29, 1.82) is 0 Å². The molecule has 2 aliphatic rings. The molecule has 86 valence electrons. The molecule has 2 aliphatic heterocycles. The molecule has 0 aromatic heterocycles. The van der Waals surface area contributed by atoms with Crippen molar-refractivity contribution in [2.24, 2.45) is 0 Å². The Labute approximate surface area is 89.4 Å². The number of hydrogen-bond donors (Lipinski definition) is 2. The third kappa shape index (κ3) is 1.94. The standard InChI is InChI=1S/C10H18N2O3/c1-15-5-4-11-8-6-7-2-3-9(8)12(7)10(13)14/h7-9,11H,2-6H2,1H3,(H,13,14)/t7-,8?,9+/m1/s1. The number of rotatable bonds is 4. The minimum atomic E-state index is -0.765. The predicted molar refractivity (Wildman–Crippen MR) is 55.0 cm³/mol. The van der Waals surface area contributed by atoms with Crippen LogP contribution in [0.2, 0.25) is 0 Å². The lowest BCUT2D eigenvalue weighted by atomic mass is 9.95. The monoisotopic (exact) mass is 214 g/mol. The molecule has 0 aromatic carbocycles. The zero-order chi connectivity index (χ0) is 10.8. The van der Waals surface area contributed by atoms with Crippen molar-refractivity contribution in [2.75, 3.05) is 20.3 Å². The van der Waals surface area contributed by atoms with E-state index in [0.29, 0.717) is 12.6 Å². The van der Waals surface area contributed by atoms with Gasteiger partial charge in [0.2, 0.25) is 0 Å². The van der Waals surface area contributed by atoms with Gasteiger partial charge >= 0.3 is 6.09 Å². The molecule has 0 saturated carbocycles. The number of methoxy groups -OCH3 is 1. The zero-order valence-corrected chi connectivity index (χ0v) is 8.98. The van der Waals surface area contributed by atoms with Gasteiger partial charge in [-0.25, -0.2) is 4.79 Å². The van der Waals surface area contributed by atoms with Crippen LogP contribution in [0.3, 0.4) is 0 Å². The molecular formula is C10H18N2O3. The average Bonchev–Trinajstić information content (AvgIpc) is 2.74. The summed E-state index contributed by atoms with van der Waals surface area (Å²) in [6.45, 7) is 1.48. The number of carbonyl (C=O) groups is 1. The van der Waals surface area contributed by atoms with Gasteiger partial charge in [-0.1, -0.05) is 0 Å². The Morgan fingerprint density at radius 3 is 3.00 bits per heavy atom. The second kappa shape index (κ2) is 4.37. The number of ether oxygens (including phenoxy) is 1. The van der Waals surface area contributed by atoms with Gasteiger partial charge in [-0.15, -0.1) is 0 Å². The lowest BCUT2D eigenvalue weighted by Gasteiger charge is -2.22. The Morgan fingerprint density at radius 2 is 2.40 bits per heavy atom. The molecule has 15 heavy (non-hydrogen) atoms. The smallest absolute Gasteiger partial charge is 0.407 e. The van der Waals surface area contributed by atoms with Crippen LogP contribution in [0.5, 0.6) is 0 Å². The summed E-state index contributed by atoms with van der Waals surface area (Å²) in [4.78, 5) is 12.6. The Morgan fingerprint density at radius 1 is 1.60 bits per heavy atom. The van der Waals surface area contributed by atoms with E-state index in [1.807, 2.05) is 0 Å². The highest BCUT2D eigenvalue weighted by Gasteiger charge is 2.48. The van der Waals surface area contributed by atoms with Crippen molar-refractivity contribution in [3.05, 3.63) is 0 Å². The molecule has 1 unspecified atom stereocenters. The van der Waals surface area contributed by atoms with Gasteiger partial charge in [0, 0.05) is 25.7 Å². The van der Waals surface area contributed by atoms with Crippen LogP contribution in [0.15, 0.2) is 0 Å². The molecule has 2 fully saturated rings. The zero-order valence-electron chi connectivity index (χ0n) is 8.98.